The molecular formula is C24H27FN2O3S. The van der Waals surface area contributed by atoms with Crippen LogP contribution in [0.25, 0.3) is 10.1 Å². The summed E-state index contributed by atoms with van der Waals surface area (Å²) < 4.78 is 26.0. The van der Waals surface area contributed by atoms with Gasteiger partial charge in [-0.2, -0.15) is 0 Å². The number of ether oxygens (including phenoxy) is 2. The van der Waals surface area contributed by atoms with Crippen molar-refractivity contribution in [3.8, 4) is 0 Å². The average Bonchev–Trinajstić information content (AvgIpc) is 3.16. The Kier molecular flexibility index (Phi) is 6.97. The van der Waals surface area contributed by atoms with Gasteiger partial charge >= 0.3 is 0 Å². The molecule has 0 bridgehead atoms. The molecule has 1 fully saturated rings. The Bertz CT molecular complexity index is 1040. The Morgan fingerprint density at radius 2 is 1.97 bits per heavy atom. The lowest BCUT2D eigenvalue weighted by atomic mass is 10.0. The SMILES string of the molecule is COCc1c(C(=O)NCC(c2ccc(C)cc2)N2CCOCC2)sc2cccc(F)c12. The topological polar surface area (TPSA) is 50.8 Å². The Labute approximate surface area is 185 Å². The molecule has 5 nitrogen and oxygen atoms in total. The predicted octanol–water partition coefficient (Wildman–Crippen LogP) is 4.30. The van der Waals surface area contributed by atoms with Gasteiger partial charge in [-0.3, -0.25) is 9.69 Å². The van der Waals surface area contributed by atoms with Crippen LogP contribution in [0.3, 0.4) is 0 Å². The van der Waals surface area contributed by atoms with Gasteiger partial charge in [0.15, 0.2) is 0 Å². The summed E-state index contributed by atoms with van der Waals surface area (Å²) in [5, 5.41) is 3.57. The lowest BCUT2D eigenvalue weighted by molar-refractivity contribution is 0.0162. The van der Waals surface area contributed by atoms with Gasteiger partial charge < -0.3 is 14.8 Å². The van der Waals surface area contributed by atoms with E-state index in [-0.39, 0.29) is 24.4 Å². The Morgan fingerprint density at radius 1 is 1.23 bits per heavy atom. The van der Waals surface area contributed by atoms with Crippen molar-refractivity contribution < 1.29 is 18.7 Å². The van der Waals surface area contributed by atoms with Gasteiger partial charge in [-0.05, 0) is 24.6 Å². The molecule has 1 unspecified atom stereocenters. The smallest absolute Gasteiger partial charge is 0.261 e. The van der Waals surface area contributed by atoms with Gasteiger partial charge in [-0.1, -0.05) is 35.9 Å². The molecule has 1 amide bonds. The minimum absolute atomic E-state index is 0.0467. The van der Waals surface area contributed by atoms with Gasteiger partial charge in [0.1, 0.15) is 5.82 Å². The number of halogens is 1. The number of rotatable bonds is 7. The number of nitrogens with one attached hydrogen (secondary N) is 1. The van der Waals surface area contributed by atoms with E-state index < -0.39 is 0 Å². The first kappa shape index (κ1) is 21.9. The average molecular weight is 443 g/mol. The van der Waals surface area contributed by atoms with Crippen molar-refractivity contribution in [2.75, 3.05) is 40.0 Å². The third-order valence-corrected chi connectivity index (χ3v) is 6.86. The largest absolute Gasteiger partial charge is 0.380 e. The highest BCUT2D eigenvalue weighted by Crippen LogP contribution is 2.34. The quantitative estimate of drug-likeness (QED) is 0.593. The van der Waals surface area contributed by atoms with Crippen molar-refractivity contribution in [2.24, 2.45) is 0 Å². The summed E-state index contributed by atoms with van der Waals surface area (Å²) >= 11 is 1.31. The first-order chi connectivity index (χ1) is 15.1. The first-order valence-electron chi connectivity index (χ1n) is 10.4. The maximum Gasteiger partial charge on any atom is 0.261 e. The van der Waals surface area contributed by atoms with Gasteiger partial charge in [0.05, 0.1) is 30.7 Å². The van der Waals surface area contributed by atoms with Crippen LogP contribution in [0.4, 0.5) is 4.39 Å². The highest BCUT2D eigenvalue weighted by Gasteiger charge is 2.25. The molecular weight excluding hydrogens is 415 g/mol. The molecule has 1 N–H and O–H groups in total. The Balaban J connectivity index is 1.58. The van der Waals surface area contributed by atoms with Crippen molar-refractivity contribution in [3.05, 3.63) is 69.8 Å². The summed E-state index contributed by atoms with van der Waals surface area (Å²) in [5.41, 5.74) is 2.97. The van der Waals surface area contributed by atoms with Gasteiger partial charge in [0, 0.05) is 42.4 Å². The number of carbonyl (C=O) groups is 1. The minimum Gasteiger partial charge on any atom is -0.380 e. The van der Waals surface area contributed by atoms with Crippen LogP contribution in [0.5, 0.6) is 0 Å². The van der Waals surface area contributed by atoms with Crippen LogP contribution in [-0.2, 0) is 16.1 Å². The molecule has 0 saturated carbocycles. The second-order valence-electron chi connectivity index (χ2n) is 7.74. The number of morpholine rings is 1. The number of amides is 1. The summed E-state index contributed by atoms with van der Waals surface area (Å²) in [7, 11) is 1.55. The molecule has 1 aliphatic heterocycles. The number of benzene rings is 2. The highest BCUT2D eigenvalue weighted by atomic mass is 32.1. The number of carbonyl (C=O) groups excluding carboxylic acids is 1. The minimum atomic E-state index is -0.328. The van der Waals surface area contributed by atoms with E-state index in [0.717, 1.165) is 23.4 Å². The number of hydrogen-bond acceptors (Lipinski definition) is 5. The third kappa shape index (κ3) is 4.80. The van der Waals surface area contributed by atoms with E-state index in [1.165, 1.54) is 23.0 Å². The van der Waals surface area contributed by atoms with Crippen LogP contribution in [-0.4, -0.2) is 50.8 Å². The van der Waals surface area contributed by atoms with Crippen LogP contribution in [0.2, 0.25) is 0 Å². The molecule has 2 aromatic carbocycles. The second-order valence-corrected chi connectivity index (χ2v) is 8.79. The summed E-state index contributed by atoms with van der Waals surface area (Å²) in [6, 6.07) is 13.4. The molecule has 7 heteroatoms. The van der Waals surface area contributed by atoms with Crippen LogP contribution in [0.1, 0.15) is 32.4 Å². The van der Waals surface area contributed by atoms with Gasteiger partial charge in [-0.15, -0.1) is 11.3 Å². The normalized spacial score (nSPS) is 15.8. The van der Waals surface area contributed by atoms with E-state index in [9.17, 15) is 9.18 Å². The number of methoxy groups -OCH3 is 1. The molecule has 0 aliphatic carbocycles. The monoisotopic (exact) mass is 442 g/mol. The van der Waals surface area contributed by atoms with Crippen LogP contribution < -0.4 is 5.32 Å². The molecule has 0 radical (unpaired) electrons. The molecule has 2 heterocycles. The molecule has 1 atom stereocenters. The predicted molar refractivity (Wildman–Crippen MR) is 121 cm³/mol. The molecule has 4 rings (SSSR count). The second kappa shape index (κ2) is 9.87. The van der Waals surface area contributed by atoms with Crippen LogP contribution in [0, 0.1) is 12.7 Å². The number of nitrogens with zero attached hydrogens (tertiary/aromatic N) is 1. The van der Waals surface area contributed by atoms with Gasteiger partial charge in [-0.25, -0.2) is 4.39 Å². The van der Waals surface area contributed by atoms with Gasteiger partial charge in [0.25, 0.3) is 5.91 Å². The van der Waals surface area contributed by atoms with E-state index in [1.807, 2.05) is 6.07 Å². The van der Waals surface area contributed by atoms with Crippen molar-refractivity contribution in [2.45, 2.75) is 19.6 Å². The summed E-state index contributed by atoms with van der Waals surface area (Å²) in [5.74, 6) is -0.524. The molecule has 3 aromatic rings. The molecule has 31 heavy (non-hydrogen) atoms. The lowest BCUT2D eigenvalue weighted by Crippen LogP contribution is -2.43. The van der Waals surface area contributed by atoms with Crippen molar-refractivity contribution in [3.63, 3.8) is 0 Å². The fourth-order valence-electron chi connectivity index (χ4n) is 4.04. The van der Waals surface area contributed by atoms with Crippen LogP contribution in [0.15, 0.2) is 42.5 Å². The van der Waals surface area contributed by atoms with E-state index in [0.29, 0.717) is 35.6 Å². The zero-order valence-electron chi connectivity index (χ0n) is 17.8. The van der Waals surface area contributed by atoms with E-state index in [2.05, 4.69) is 41.4 Å². The molecule has 164 valence electrons. The molecule has 1 aromatic heterocycles. The number of thiophene rings is 1. The maximum absolute atomic E-state index is 14.5. The number of hydrogen-bond donors (Lipinski definition) is 1. The molecule has 1 aliphatic rings. The van der Waals surface area contributed by atoms with Crippen molar-refractivity contribution in [1.82, 2.24) is 10.2 Å². The summed E-state index contributed by atoms with van der Waals surface area (Å²) in [6.45, 7) is 5.72. The van der Waals surface area contributed by atoms with Crippen molar-refractivity contribution >= 4 is 27.3 Å². The van der Waals surface area contributed by atoms with E-state index >= 15 is 0 Å². The van der Waals surface area contributed by atoms with Gasteiger partial charge in [0.2, 0.25) is 0 Å². The number of aryl methyl sites for hydroxylation is 1. The Morgan fingerprint density at radius 3 is 2.68 bits per heavy atom. The third-order valence-electron chi connectivity index (χ3n) is 5.66. The van der Waals surface area contributed by atoms with Crippen LogP contribution >= 0.6 is 11.3 Å². The summed E-state index contributed by atoms with van der Waals surface area (Å²) in [6.07, 6.45) is 0. The zero-order valence-corrected chi connectivity index (χ0v) is 18.6. The molecule has 0 spiro atoms. The standard InChI is InChI=1S/C24H27FN2O3S/c1-16-6-8-17(9-7-16)20(27-10-12-30-13-11-27)14-26-24(28)23-18(15-29-2)22-19(25)4-3-5-21(22)31-23/h3-9,20H,10-15H2,1-2H3,(H,26,28). The fourth-order valence-corrected chi connectivity index (χ4v) is 5.18. The summed E-state index contributed by atoms with van der Waals surface area (Å²) in [4.78, 5) is 16.0. The lowest BCUT2D eigenvalue weighted by Gasteiger charge is -2.35. The van der Waals surface area contributed by atoms with E-state index in [4.69, 9.17) is 9.47 Å². The number of fused-ring (bicyclic) bond motifs is 1. The molecule has 1 saturated heterocycles. The zero-order chi connectivity index (χ0) is 21.8. The van der Waals surface area contributed by atoms with Crippen molar-refractivity contribution in [1.29, 1.82) is 0 Å². The highest BCUT2D eigenvalue weighted by molar-refractivity contribution is 7.21. The fraction of sp³-hybridized carbons (Fsp3) is 0.375. The first-order valence-corrected chi connectivity index (χ1v) is 11.3. The van der Waals surface area contributed by atoms with E-state index in [1.54, 1.807) is 13.2 Å². The Hall–Kier alpha value is -2.32. The maximum atomic E-state index is 14.5.